The minimum atomic E-state index is -0.129. The molecule has 0 spiro atoms. The standard InChI is InChI=1S/C16H24N2O2/c1-12-3-4-14(9-13(12)2)10-15(11-17)16(19)18-5-7-20-8-6-18/h3-4,9,15H,5-8,10-11,17H2,1-2H3. The van der Waals surface area contributed by atoms with E-state index in [1.54, 1.807) is 0 Å². The van der Waals surface area contributed by atoms with Crippen LogP contribution in [0.25, 0.3) is 0 Å². The lowest BCUT2D eigenvalue weighted by molar-refractivity contribution is -0.139. The molecule has 1 aliphatic heterocycles. The van der Waals surface area contributed by atoms with E-state index in [4.69, 9.17) is 10.5 Å². The van der Waals surface area contributed by atoms with Crippen molar-refractivity contribution in [1.29, 1.82) is 0 Å². The molecule has 0 saturated carbocycles. The van der Waals surface area contributed by atoms with Crippen molar-refractivity contribution < 1.29 is 9.53 Å². The van der Waals surface area contributed by atoms with Gasteiger partial charge in [-0.1, -0.05) is 18.2 Å². The summed E-state index contributed by atoms with van der Waals surface area (Å²) >= 11 is 0. The maximum Gasteiger partial charge on any atom is 0.227 e. The van der Waals surface area contributed by atoms with Crippen molar-refractivity contribution in [1.82, 2.24) is 4.90 Å². The van der Waals surface area contributed by atoms with Crippen LogP contribution in [0.2, 0.25) is 0 Å². The Morgan fingerprint density at radius 2 is 2.00 bits per heavy atom. The number of morpholine rings is 1. The number of amides is 1. The van der Waals surface area contributed by atoms with Gasteiger partial charge < -0.3 is 15.4 Å². The van der Waals surface area contributed by atoms with E-state index in [1.165, 1.54) is 16.7 Å². The SMILES string of the molecule is Cc1ccc(CC(CN)C(=O)N2CCOCC2)cc1C. The molecule has 1 saturated heterocycles. The predicted molar refractivity (Wildman–Crippen MR) is 79.6 cm³/mol. The van der Waals surface area contributed by atoms with E-state index in [0.717, 1.165) is 0 Å². The van der Waals surface area contributed by atoms with Gasteiger partial charge in [0.15, 0.2) is 0 Å². The lowest BCUT2D eigenvalue weighted by Crippen LogP contribution is -2.45. The second-order valence-electron chi connectivity index (χ2n) is 5.49. The van der Waals surface area contributed by atoms with Crippen LogP contribution in [-0.4, -0.2) is 43.7 Å². The smallest absolute Gasteiger partial charge is 0.227 e. The number of hydrogen-bond donors (Lipinski definition) is 1. The second kappa shape index (κ2) is 6.86. The molecule has 1 aromatic carbocycles. The van der Waals surface area contributed by atoms with Crippen molar-refractivity contribution in [3.8, 4) is 0 Å². The quantitative estimate of drug-likeness (QED) is 0.901. The molecule has 0 radical (unpaired) electrons. The first-order valence-electron chi connectivity index (χ1n) is 7.24. The maximum absolute atomic E-state index is 12.5. The highest BCUT2D eigenvalue weighted by molar-refractivity contribution is 5.79. The van der Waals surface area contributed by atoms with Crippen LogP contribution in [0.5, 0.6) is 0 Å². The van der Waals surface area contributed by atoms with Gasteiger partial charge >= 0.3 is 0 Å². The van der Waals surface area contributed by atoms with Gasteiger partial charge in [-0.25, -0.2) is 0 Å². The van der Waals surface area contributed by atoms with Gasteiger partial charge in [0.1, 0.15) is 0 Å². The van der Waals surface area contributed by atoms with Gasteiger partial charge in [0.25, 0.3) is 0 Å². The third-order valence-corrected chi connectivity index (χ3v) is 4.01. The number of rotatable bonds is 4. The first kappa shape index (κ1) is 15.0. The van der Waals surface area contributed by atoms with E-state index >= 15 is 0 Å². The van der Waals surface area contributed by atoms with E-state index in [1.807, 2.05) is 4.90 Å². The Labute approximate surface area is 120 Å². The van der Waals surface area contributed by atoms with Gasteiger partial charge in [0, 0.05) is 19.6 Å². The van der Waals surface area contributed by atoms with Gasteiger partial charge in [-0.3, -0.25) is 4.79 Å². The maximum atomic E-state index is 12.5. The van der Waals surface area contributed by atoms with Crippen molar-refractivity contribution in [2.24, 2.45) is 11.7 Å². The zero-order valence-corrected chi connectivity index (χ0v) is 12.4. The molecule has 2 rings (SSSR count). The van der Waals surface area contributed by atoms with E-state index in [-0.39, 0.29) is 11.8 Å². The summed E-state index contributed by atoms with van der Waals surface area (Å²) in [4.78, 5) is 14.4. The molecule has 1 fully saturated rings. The van der Waals surface area contributed by atoms with Crippen molar-refractivity contribution in [2.45, 2.75) is 20.3 Å². The van der Waals surface area contributed by atoms with Crippen LogP contribution < -0.4 is 5.73 Å². The number of aryl methyl sites for hydroxylation is 2. The Kier molecular flexibility index (Phi) is 5.15. The molecular weight excluding hydrogens is 252 g/mol. The Bertz CT molecular complexity index is 468. The van der Waals surface area contributed by atoms with Crippen LogP contribution in [0, 0.1) is 19.8 Å². The van der Waals surface area contributed by atoms with Crippen molar-refractivity contribution >= 4 is 5.91 Å². The Balaban J connectivity index is 2.03. The second-order valence-corrected chi connectivity index (χ2v) is 5.49. The minimum absolute atomic E-state index is 0.129. The summed E-state index contributed by atoms with van der Waals surface area (Å²) in [5.41, 5.74) is 9.54. The molecule has 1 aromatic rings. The van der Waals surface area contributed by atoms with Crippen LogP contribution in [0.1, 0.15) is 16.7 Å². The molecule has 0 bridgehead atoms. The summed E-state index contributed by atoms with van der Waals surface area (Å²) in [5, 5.41) is 0. The number of carbonyl (C=O) groups is 1. The fraction of sp³-hybridized carbons (Fsp3) is 0.562. The monoisotopic (exact) mass is 276 g/mol. The van der Waals surface area contributed by atoms with Crippen LogP contribution in [0.4, 0.5) is 0 Å². The molecule has 4 heteroatoms. The van der Waals surface area contributed by atoms with Gasteiger partial charge in [-0.2, -0.15) is 0 Å². The first-order valence-corrected chi connectivity index (χ1v) is 7.24. The predicted octanol–water partition coefficient (Wildman–Crippen LogP) is 1.28. The molecule has 1 heterocycles. The number of nitrogens with zero attached hydrogens (tertiary/aromatic N) is 1. The molecule has 2 N–H and O–H groups in total. The number of nitrogens with two attached hydrogens (primary N) is 1. The average Bonchev–Trinajstić information content (AvgIpc) is 2.48. The normalized spacial score (nSPS) is 17.1. The van der Waals surface area contributed by atoms with Crippen LogP contribution >= 0.6 is 0 Å². The summed E-state index contributed by atoms with van der Waals surface area (Å²) in [6.45, 7) is 7.21. The van der Waals surface area contributed by atoms with E-state index in [0.29, 0.717) is 39.3 Å². The molecule has 0 aliphatic carbocycles. The van der Waals surface area contributed by atoms with Crippen LogP contribution in [0.15, 0.2) is 18.2 Å². The number of benzene rings is 1. The molecule has 0 aromatic heterocycles. The fourth-order valence-electron chi connectivity index (χ4n) is 2.53. The molecule has 110 valence electrons. The van der Waals surface area contributed by atoms with Crippen molar-refractivity contribution in [2.75, 3.05) is 32.8 Å². The number of ether oxygens (including phenoxy) is 1. The topological polar surface area (TPSA) is 55.6 Å². The third-order valence-electron chi connectivity index (χ3n) is 4.01. The van der Waals surface area contributed by atoms with E-state index in [2.05, 4.69) is 32.0 Å². The highest BCUT2D eigenvalue weighted by atomic mass is 16.5. The first-order chi connectivity index (χ1) is 9.61. The van der Waals surface area contributed by atoms with Gasteiger partial charge in [0.2, 0.25) is 5.91 Å². The van der Waals surface area contributed by atoms with E-state index < -0.39 is 0 Å². The molecule has 1 amide bonds. The zero-order valence-electron chi connectivity index (χ0n) is 12.4. The summed E-state index contributed by atoms with van der Waals surface area (Å²) < 4.78 is 5.29. The molecule has 1 atom stereocenters. The largest absolute Gasteiger partial charge is 0.378 e. The molecule has 4 nitrogen and oxygen atoms in total. The molecule has 20 heavy (non-hydrogen) atoms. The third kappa shape index (κ3) is 3.58. The van der Waals surface area contributed by atoms with Crippen LogP contribution in [0.3, 0.4) is 0 Å². The highest BCUT2D eigenvalue weighted by Gasteiger charge is 2.24. The number of carbonyl (C=O) groups excluding carboxylic acids is 1. The Hall–Kier alpha value is -1.39. The number of hydrogen-bond acceptors (Lipinski definition) is 3. The summed E-state index contributed by atoms with van der Waals surface area (Å²) in [7, 11) is 0. The summed E-state index contributed by atoms with van der Waals surface area (Å²) in [5.74, 6) is 0.0317. The highest BCUT2D eigenvalue weighted by Crippen LogP contribution is 2.16. The Morgan fingerprint density at radius 1 is 1.30 bits per heavy atom. The summed E-state index contributed by atoms with van der Waals surface area (Å²) in [6.07, 6.45) is 0.716. The fourth-order valence-corrected chi connectivity index (χ4v) is 2.53. The zero-order chi connectivity index (χ0) is 14.5. The summed E-state index contributed by atoms with van der Waals surface area (Å²) in [6, 6.07) is 6.36. The minimum Gasteiger partial charge on any atom is -0.378 e. The van der Waals surface area contributed by atoms with Crippen molar-refractivity contribution in [3.63, 3.8) is 0 Å². The van der Waals surface area contributed by atoms with Crippen molar-refractivity contribution in [3.05, 3.63) is 34.9 Å². The average molecular weight is 276 g/mol. The van der Waals surface area contributed by atoms with Gasteiger partial charge in [0.05, 0.1) is 19.1 Å². The van der Waals surface area contributed by atoms with E-state index in [9.17, 15) is 4.79 Å². The molecular formula is C16H24N2O2. The van der Waals surface area contributed by atoms with Gasteiger partial charge in [-0.15, -0.1) is 0 Å². The molecule has 1 unspecified atom stereocenters. The Morgan fingerprint density at radius 3 is 2.60 bits per heavy atom. The lowest BCUT2D eigenvalue weighted by Gasteiger charge is -2.30. The molecule has 1 aliphatic rings. The lowest BCUT2D eigenvalue weighted by atomic mass is 9.95. The van der Waals surface area contributed by atoms with Gasteiger partial charge in [-0.05, 0) is 37.0 Å². The van der Waals surface area contributed by atoms with Crippen LogP contribution in [-0.2, 0) is 16.0 Å².